The summed E-state index contributed by atoms with van der Waals surface area (Å²) in [5.74, 6) is 1.34. The summed E-state index contributed by atoms with van der Waals surface area (Å²) in [6.45, 7) is 5.15. The predicted molar refractivity (Wildman–Crippen MR) is 90.2 cm³/mol. The van der Waals surface area contributed by atoms with E-state index in [1.165, 1.54) is 0 Å². The van der Waals surface area contributed by atoms with Crippen LogP contribution in [0.1, 0.15) is 25.3 Å². The van der Waals surface area contributed by atoms with Crippen molar-refractivity contribution in [3.05, 3.63) is 34.4 Å². The molecule has 5 nitrogen and oxygen atoms in total. The highest BCUT2D eigenvalue weighted by Crippen LogP contribution is 2.23. The molecule has 0 unspecified atom stereocenters. The van der Waals surface area contributed by atoms with Crippen LogP contribution in [0.3, 0.4) is 0 Å². The van der Waals surface area contributed by atoms with E-state index in [0.29, 0.717) is 11.8 Å². The maximum atomic E-state index is 4.51. The van der Waals surface area contributed by atoms with Gasteiger partial charge in [-0.25, -0.2) is 0 Å². The molecule has 0 aliphatic heterocycles. The number of nitrogens with one attached hydrogen (secondary N) is 1. The van der Waals surface area contributed by atoms with E-state index >= 15 is 0 Å². The minimum atomic E-state index is 0.642. The molecule has 0 amide bonds. The van der Waals surface area contributed by atoms with Gasteiger partial charge in [0.05, 0.1) is 6.20 Å². The molecule has 2 rings (SSSR count). The predicted octanol–water partition coefficient (Wildman–Crippen LogP) is 3.92. The molecule has 0 saturated carbocycles. The third-order valence-corrected chi connectivity index (χ3v) is 3.68. The summed E-state index contributed by atoms with van der Waals surface area (Å²) in [6, 6.07) is 6.07. The van der Waals surface area contributed by atoms with Gasteiger partial charge in [0.1, 0.15) is 0 Å². The van der Waals surface area contributed by atoms with Crippen LogP contribution < -0.4 is 10.2 Å². The van der Waals surface area contributed by atoms with Crippen LogP contribution in [0.4, 0.5) is 17.5 Å². The summed E-state index contributed by atoms with van der Waals surface area (Å²) in [7, 11) is 1.99. The van der Waals surface area contributed by atoms with E-state index in [2.05, 4.69) is 56.3 Å². The number of halogens is 1. The van der Waals surface area contributed by atoms with Gasteiger partial charge in [0.2, 0.25) is 5.95 Å². The first-order valence-corrected chi connectivity index (χ1v) is 7.83. The molecular weight excluding hydrogens is 330 g/mol. The molecule has 0 bridgehead atoms. The standard InChI is InChI=1S/C15H20BrN5/c1-4-5-8-21(3)15-19-14(10-17-20-15)18-13-7-6-12(16)9-11(13)2/h6-7,9-10H,4-5,8H2,1-3H3,(H,18,19,20). The highest BCUT2D eigenvalue weighted by atomic mass is 79.9. The third-order valence-electron chi connectivity index (χ3n) is 3.19. The zero-order chi connectivity index (χ0) is 15.2. The number of rotatable bonds is 6. The number of anilines is 3. The van der Waals surface area contributed by atoms with Gasteiger partial charge in [-0.1, -0.05) is 29.3 Å². The monoisotopic (exact) mass is 349 g/mol. The van der Waals surface area contributed by atoms with Gasteiger partial charge in [-0.05, 0) is 37.1 Å². The first-order chi connectivity index (χ1) is 10.1. The number of hydrogen-bond donors (Lipinski definition) is 1. The molecule has 0 aliphatic rings. The molecular formula is C15H20BrN5. The van der Waals surface area contributed by atoms with Crippen LogP contribution in [0.2, 0.25) is 0 Å². The molecule has 0 saturated heterocycles. The Balaban J connectivity index is 2.13. The summed E-state index contributed by atoms with van der Waals surface area (Å²) < 4.78 is 1.06. The summed E-state index contributed by atoms with van der Waals surface area (Å²) >= 11 is 3.46. The Bertz CT molecular complexity index is 602. The Morgan fingerprint density at radius 3 is 2.86 bits per heavy atom. The number of unbranched alkanes of at least 4 members (excludes halogenated alkanes) is 1. The molecule has 112 valence electrons. The molecule has 1 aromatic heterocycles. The van der Waals surface area contributed by atoms with Crippen LogP contribution in [-0.4, -0.2) is 28.8 Å². The van der Waals surface area contributed by atoms with Crippen molar-refractivity contribution in [3.8, 4) is 0 Å². The number of nitrogens with zero attached hydrogens (tertiary/aromatic N) is 4. The van der Waals surface area contributed by atoms with Crippen LogP contribution in [0.15, 0.2) is 28.9 Å². The second-order valence-corrected chi connectivity index (χ2v) is 5.92. The van der Waals surface area contributed by atoms with Crippen molar-refractivity contribution in [1.29, 1.82) is 0 Å². The zero-order valence-corrected chi connectivity index (χ0v) is 14.2. The summed E-state index contributed by atoms with van der Waals surface area (Å²) in [6.07, 6.45) is 3.90. The van der Waals surface area contributed by atoms with Crippen molar-refractivity contribution in [2.24, 2.45) is 0 Å². The lowest BCUT2D eigenvalue weighted by Crippen LogP contribution is -2.21. The van der Waals surface area contributed by atoms with Crippen molar-refractivity contribution < 1.29 is 0 Å². The van der Waals surface area contributed by atoms with Gasteiger partial charge in [-0.2, -0.15) is 10.1 Å². The average molecular weight is 350 g/mol. The first kappa shape index (κ1) is 15.7. The highest BCUT2D eigenvalue weighted by molar-refractivity contribution is 9.10. The number of hydrogen-bond acceptors (Lipinski definition) is 5. The van der Waals surface area contributed by atoms with Crippen molar-refractivity contribution in [2.75, 3.05) is 23.8 Å². The summed E-state index contributed by atoms with van der Waals surface area (Å²) in [5.41, 5.74) is 2.16. The Morgan fingerprint density at radius 2 is 2.14 bits per heavy atom. The lowest BCUT2D eigenvalue weighted by molar-refractivity contribution is 0.741. The lowest BCUT2D eigenvalue weighted by atomic mass is 10.2. The van der Waals surface area contributed by atoms with Gasteiger partial charge in [0.25, 0.3) is 0 Å². The fourth-order valence-electron chi connectivity index (χ4n) is 1.92. The maximum Gasteiger partial charge on any atom is 0.247 e. The Morgan fingerprint density at radius 1 is 1.33 bits per heavy atom. The Kier molecular flexibility index (Phi) is 5.50. The Hall–Kier alpha value is -1.69. The molecule has 0 radical (unpaired) electrons. The first-order valence-electron chi connectivity index (χ1n) is 7.04. The fraction of sp³-hybridized carbons (Fsp3) is 0.400. The second kappa shape index (κ2) is 7.36. The van der Waals surface area contributed by atoms with E-state index in [1.807, 2.05) is 24.1 Å². The van der Waals surface area contributed by atoms with E-state index in [1.54, 1.807) is 6.20 Å². The minimum Gasteiger partial charge on any atom is -0.343 e. The highest BCUT2D eigenvalue weighted by Gasteiger charge is 2.07. The van der Waals surface area contributed by atoms with Gasteiger partial charge in [0, 0.05) is 23.8 Å². The SMILES string of the molecule is CCCCN(C)c1nncc(Nc2ccc(Br)cc2C)n1. The van der Waals surface area contributed by atoms with Crippen LogP contribution >= 0.6 is 15.9 Å². The molecule has 0 spiro atoms. The number of benzene rings is 1. The maximum absolute atomic E-state index is 4.51. The molecule has 0 aliphatic carbocycles. The Labute approximate surface area is 133 Å². The molecule has 1 heterocycles. The molecule has 6 heteroatoms. The van der Waals surface area contributed by atoms with Crippen molar-refractivity contribution in [3.63, 3.8) is 0 Å². The smallest absolute Gasteiger partial charge is 0.247 e. The molecule has 1 N–H and O–H groups in total. The van der Waals surface area contributed by atoms with E-state index in [0.717, 1.165) is 35.1 Å². The number of aromatic nitrogens is 3. The second-order valence-electron chi connectivity index (χ2n) is 5.00. The van der Waals surface area contributed by atoms with E-state index in [-0.39, 0.29) is 0 Å². The van der Waals surface area contributed by atoms with Crippen molar-refractivity contribution in [2.45, 2.75) is 26.7 Å². The number of aryl methyl sites for hydroxylation is 1. The van der Waals surface area contributed by atoms with Gasteiger partial charge in [0.15, 0.2) is 5.82 Å². The summed E-state index contributed by atoms with van der Waals surface area (Å²) in [5, 5.41) is 11.4. The van der Waals surface area contributed by atoms with Crippen molar-refractivity contribution in [1.82, 2.24) is 15.2 Å². The lowest BCUT2D eigenvalue weighted by Gasteiger charge is -2.16. The van der Waals surface area contributed by atoms with Crippen LogP contribution in [0.25, 0.3) is 0 Å². The quantitative estimate of drug-likeness (QED) is 0.856. The van der Waals surface area contributed by atoms with Crippen molar-refractivity contribution >= 4 is 33.4 Å². The molecule has 0 fully saturated rings. The third kappa shape index (κ3) is 4.39. The van der Waals surface area contributed by atoms with Gasteiger partial charge >= 0.3 is 0 Å². The minimum absolute atomic E-state index is 0.642. The topological polar surface area (TPSA) is 53.9 Å². The molecule has 1 aromatic carbocycles. The van der Waals surface area contributed by atoms with Gasteiger partial charge < -0.3 is 10.2 Å². The van der Waals surface area contributed by atoms with Gasteiger partial charge in [-0.3, -0.25) is 0 Å². The molecule has 2 aromatic rings. The van der Waals surface area contributed by atoms with Crippen LogP contribution in [0, 0.1) is 6.92 Å². The largest absolute Gasteiger partial charge is 0.343 e. The fourth-order valence-corrected chi connectivity index (χ4v) is 2.39. The molecule has 0 atom stereocenters. The van der Waals surface area contributed by atoms with E-state index < -0.39 is 0 Å². The van der Waals surface area contributed by atoms with Gasteiger partial charge in [-0.15, -0.1) is 5.10 Å². The van der Waals surface area contributed by atoms with Crippen LogP contribution in [0.5, 0.6) is 0 Å². The normalized spacial score (nSPS) is 10.5. The summed E-state index contributed by atoms with van der Waals surface area (Å²) in [4.78, 5) is 6.54. The van der Waals surface area contributed by atoms with Crippen LogP contribution in [-0.2, 0) is 0 Å². The average Bonchev–Trinajstić information content (AvgIpc) is 2.48. The molecule has 21 heavy (non-hydrogen) atoms. The van der Waals surface area contributed by atoms with E-state index in [9.17, 15) is 0 Å². The zero-order valence-electron chi connectivity index (χ0n) is 12.6. The van der Waals surface area contributed by atoms with E-state index in [4.69, 9.17) is 0 Å².